The first-order valence-electron chi connectivity index (χ1n) is 7.90. The fourth-order valence-electron chi connectivity index (χ4n) is 2.68. The van der Waals surface area contributed by atoms with Gasteiger partial charge in [0.05, 0.1) is 19.9 Å². The predicted molar refractivity (Wildman–Crippen MR) is 88.8 cm³/mol. The first-order valence-corrected chi connectivity index (χ1v) is 7.90. The van der Waals surface area contributed by atoms with E-state index in [9.17, 15) is 4.79 Å². The molecule has 4 rings (SSSR count). The Hall–Kier alpha value is -3.09. The topological polar surface area (TPSA) is 83.7 Å². The molecule has 1 fully saturated rings. The largest absolute Gasteiger partial charge is 0.513 e. The number of nitrogens with zero attached hydrogens (tertiary/aromatic N) is 2. The maximum Gasteiger partial charge on any atom is 0.513 e. The second kappa shape index (κ2) is 6.08. The van der Waals surface area contributed by atoms with Crippen LogP contribution in [0.3, 0.4) is 0 Å². The molecule has 1 aliphatic carbocycles. The molecule has 128 valence electrons. The van der Waals surface area contributed by atoms with Crippen LogP contribution >= 0.6 is 0 Å². The van der Waals surface area contributed by atoms with E-state index in [1.54, 1.807) is 13.2 Å². The highest BCUT2D eigenvalue weighted by atomic mass is 16.7. The Kier molecular flexibility index (Phi) is 3.76. The van der Waals surface area contributed by atoms with Crippen LogP contribution in [-0.2, 0) is 4.74 Å². The van der Waals surface area contributed by atoms with Crippen molar-refractivity contribution in [1.29, 1.82) is 0 Å². The number of ether oxygens (including phenoxy) is 3. The van der Waals surface area contributed by atoms with Gasteiger partial charge >= 0.3 is 6.16 Å². The van der Waals surface area contributed by atoms with Gasteiger partial charge in [-0.1, -0.05) is 5.16 Å². The summed E-state index contributed by atoms with van der Waals surface area (Å²) in [5.41, 5.74) is 2.53. The Labute approximate surface area is 143 Å². The number of fused-ring (bicyclic) bond motifs is 1. The molecule has 2 aromatic heterocycles. The highest BCUT2D eigenvalue weighted by molar-refractivity contribution is 5.95. The molecule has 0 amide bonds. The summed E-state index contributed by atoms with van der Waals surface area (Å²) in [6, 6.07) is 9.12. The standard InChI is InChI=1S/C18H16N2O5/c1-22-12-7-5-11(6-8-12)16-15-14(24-18(21)23-2)9-13(10-3-4-10)19-17(15)25-20-16/h5-10H,3-4H2,1-2H3. The van der Waals surface area contributed by atoms with E-state index in [0.29, 0.717) is 28.5 Å². The van der Waals surface area contributed by atoms with E-state index in [4.69, 9.17) is 14.0 Å². The van der Waals surface area contributed by atoms with Crippen molar-refractivity contribution in [1.82, 2.24) is 10.1 Å². The molecule has 3 aromatic rings. The fourth-order valence-corrected chi connectivity index (χ4v) is 2.68. The maximum absolute atomic E-state index is 11.6. The van der Waals surface area contributed by atoms with Gasteiger partial charge in [-0.2, -0.15) is 0 Å². The van der Waals surface area contributed by atoms with E-state index >= 15 is 0 Å². The van der Waals surface area contributed by atoms with Gasteiger partial charge < -0.3 is 18.7 Å². The number of hydrogen-bond acceptors (Lipinski definition) is 7. The van der Waals surface area contributed by atoms with Gasteiger partial charge in [0, 0.05) is 17.5 Å². The molecule has 1 aliphatic rings. The fraction of sp³-hybridized carbons (Fsp3) is 0.278. The molecule has 0 atom stereocenters. The van der Waals surface area contributed by atoms with Crippen molar-refractivity contribution in [2.24, 2.45) is 0 Å². The summed E-state index contributed by atoms with van der Waals surface area (Å²) in [6.07, 6.45) is 1.33. The predicted octanol–water partition coefficient (Wildman–Crippen LogP) is 3.92. The summed E-state index contributed by atoms with van der Waals surface area (Å²) >= 11 is 0. The number of hydrogen-bond donors (Lipinski definition) is 0. The van der Waals surface area contributed by atoms with E-state index < -0.39 is 6.16 Å². The van der Waals surface area contributed by atoms with Crippen molar-refractivity contribution in [2.75, 3.05) is 14.2 Å². The van der Waals surface area contributed by atoms with Gasteiger partial charge in [0.25, 0.3) is 5.71 Å². The smallest absolute Gasteiger partial charge is 0.497 e. The number of methoxy groups -OCH3 is 2. The molecule has 2 heterocycles. The van der Waals surface area contributed by atoms with E-state index in [2.05, 4.69) is 14.9 Å². The minimum Gasteiger partial charge on any atom is -0.497 e. The van der Waals surface area contributed by atoms with Crippen molar-refractivity contribution >= 4 is 17.3 Å². The normalized spacial score (nSPS) is 13.7. The Morgan fingerprint density at radius 3 is 2.60 bits per heavy atom. The van der Waals surface area contributed by atoms with Crippen molar-refractivity contribution in [3.05, 3.63) is 36.0 Å². The summed E-state index contributed by atoms with van der Waals surface area (Å²) in [5.74, 6) is 1.45. The van der Waals surface area contributed by atoms with Crippen LogP contribution in [0.5, 0.6) is 11.5 Å². The molecular weight excluding hydrogens is 324 g/mol. The molecule has 7 nitrogen and oxygen atoms in total. The minimum absolute atomic E-state index is 0.339. The average molecular weight is 340 g/mol. The zero-order valence-electron chi connectivity index (χ0n) is 13.8. The number of carbonyl (C=O) groups excluding carboxylic acids is 1. The zero-order valence-corrected chi connectivity index (χ0v) is 13.8. The van der Waals surface area contributed by atoms with E-state index in [1.807, 2.05) is 24.3 Å². The molecule has 1 saturated carbocycles. The molecule has 0 spiro atoms. The van der Waals surface area contributed by atoms with Crippen molar-refractivity contribution in [3.8, 4) is 22.8 Å². The molecule has 1 aromatic carbocycles. The van der Waals surface area contributed by atoms with E-state index in [1.165, 1.54) is 7.11 Å². The van der Waals surface area contributed by atoms with Crippen LogP contribution in [-0.4, -0.2) is 30.5 Å². The summed E-state index contributed by atoms with van der Waals surface area (Å²) in [6.45, 7) is 0. The van der Waals surface area contributed by atoms with Gasteiger partial charge in [-0.25, -0.2) is 9.78 Å². The van der Waals surface area contributed by atoms with Gasteiger partial charge in [0.1, 0.15) is 16.8 Å². The lowest BCUT2D eigenvalue weighted by Gasteiger charge is -2.07. The van der Waals surface area contributed by atoms with Gasteiger partial charge in [-0.3, -0.25) is 0 Å². The third-order valence-corrected chi connectivity index (χ3v) is 4.15. The lowest BCUT2D eigenvalue weighted by Crippen LogP contribution is -2.08. The molecule has 0 unspecified atom stereocenters. The summed E-state index contributed by atoms with van der Waals surface area (Å²) in [5, 5.41) is 4.67. The molecule has 0 bridgehead atoms. The minimum atomic E-state index is -0.795. The number of rotatable bonds is 4. The highest BCUT2D eigenvalue weighted by Crippen LogP contribution is 2.43. The average Bonchev–Trinajstić information content (AvgIpc) is 3.41. The van der Waals surface area contributed by atoms with Crippen LogP contribution in [0, 0.1) is 0 Å². The molecule has 0 N–H and O–H groups in total. The molecular formula is C18H16N2O5. The number of aromatic nitrogens is 2. The van der Waals surface area contributed by atoms with Gasteiger partial charge in [-0.15, -0.1) is 0 Å². The number of pyridine rings is 1. The Balaban J connectivity index is 1.85. The van der Waals surface area contributed by atoms with Crippen molar-refractivity contribution in [2.45, 2.75) is 18.8 Å². The van der Waals surface area contributed by atoms with Gasteiger partial charge in [0.15, 0.2) is 5.75 Å². The summed E-state index contributed by atoms with van der Waals surface area (Å²) in [4.78, 5) is 16.2. The molecule has 0 radical (unpaired) electrons. The Morgan fingerprint density at radius 1 is 1.20 bits per heavy atom. The monoisotopic (exact) mass is 340 g/mol. The Morgan fingerprint density at radius 2 is 1.96 bits per heavy atom. The second-order valence-corrected chi connectivity index (χ2v) is 5.82. The van der Waals surface area contributed by atoms with Crippen LogP contribution in [0.4, 0.5) is 4.79 Å². The quantitative estimate of drug-likeness (QED) is 0.665. The van der Waals surface area contributed by atoms with Crippen LogP contribution in [0.1, 0.15) is 24.5 Å². The van der Waals surface area contributed by atoms with Crippen molar-refractivity contribution < 1.29 is 23.5 Å². The summed E-state index contributed by atoms with van der Waals surface area (Å²) < 4.78 is 20.5. The summed E-state index contributed by atoms with van der Waals surface area (Å²) in [7, 11) is 2.87. The zero-order chi connectivity index (χ0) is 17.4. The maximum atomic E-state index is 11.6. The van der Waals surface area contributed by atoms with Gasteiger partial charge in [-0.05, 0) is 37.1 Å². The molecule has 0 aliphatic heterocycles. The van der Waals surface area contributed by atoms with Crippen LogP contribution in [0.2, 0.25) is 0 Å². The van der Waals surface area contributed by atoms with E-state index in [0.717, 1.165) is 29.8 Å². The third kappa shape index (κ3) is 2.88. The molecule has 25 heavy (non-hydrogen) atoms. The third-order valence-electron chi connectivity index (χ3n) is 4.15. The van der Waals surface area contributed by atoms with Gasteiger partial charge in [0.2, 0.25) is 0 Å². The molecule has 7 heteroatoms. The number of carbonyl (C=O) groups is 1. The van der Waals surface area contributed by atoms with Crippen molar-refractivity contribution in [3.63, 3.8) is 0 Å². The SMILES string of the molecule is COC(=O)Oc1cc(C2CC2)nc2onc(-c3ccc(OC)cc3)c12. The van der Waals surface area contributed by atoms with E-state index in [-0.39, 0.29) is 0 Å². The highest BCUT2D eigenvalue weighted by Gasteiger charge is 2.29. The Bertz CT molecular complexity index is 929. The lowest BCUT2D eigenvalue weighted by molar-refractivity contribution is 0.122. The molecule has 0 saturated heterocycles. The first-order chi connectivity index (χ1) is 12.2. The second-order valence-electron chi connectivity index (χ2n) is 5.82. The van der Waals surface area contributed by atoms with Crippen LogP contribution in [0.25, 0.3) is 22.4 Å². The first kappa shape index (κ1) is 15.4. The van der Waals surface area contributed by atoms with Crippen LogP contribution < -0.4 is 9.47 Å². The van der Waals surface area contributed by atoms with Crippen LogP contribution in [0.15, 0.2) is 34.9 Å². The number of benzene rings is 1. The lowest BCUT2D eigenvalue weighted by atomic mass is 10.1.